The maximum Gasteiger partial charge on any atom is 0.0823 e. The van der Waals surface area contributed by atoms with E-state index >= 15 is 0 Å². The molecule has 0 aromatic carbocycles. The topological polar surface area (TPSA) is 59.1 Å². The van der Waals surface area contributed by atoms with Gasteiger partial charge in [-0.3, -0.25) is 10.5 Å². The predicted octanol–water partition coefficient (Wildman–Crippen LogP) is 2.43. The fraction of sp³-hybridized carbons (Fsp3) is 0.786. The van der Waals surface area contributed by atoms with E-state index in [0.29, 0.717) is 0 Å². The normalized spacial score (nSPS) is 19.7. The fourth-order valence-corrected chi connectivity index (χ4v) is 4.04. The molecule has 0 radical (unpaired) electrons. The molecule has 0 saturated heterocycles. The summed E-state index contributed by atoms with van der Waals surface area (Å²) in [5.74, 6) is 5.96. The maximum atomic E-state index is 5.96. The molecule has 0 amide bonds. The lowest BCUT2D eigenvalue weighted by Gasteiger charge is -2.43. The van der Waals surface area contributed by atoms with Gasteiger partial charge in [-0.2, -0.15) is 5.10 Å². The van der Waals surface area contributed by atoms with Gasteiger partial charge in [-0.1, -0.05) is 19.8 Å². The molecule has 20 heavy (non-hydrogen) atoms. The molecular weight excluding hydrogens is 318 g/mol. The molecule has 6 heteroatoms. The average molecular weight is 344 g/mol. The van der Waals surface area contributed by atoms with Crippen LogP contribution in [0.1, 0.15) is 50.8 Å². The van der Waals surface area contributed by atoms with Gasteiger partial charge >= 0.3 is 0 Å². The van der Waals surface area contributed by atoms with Crippen LogP contribution in [-0.2, 0) is 6.54 Å². The summed E-state index contributed by atoms with van der Waals surface area (Å²) in [5, 5.41) is 4.49. The molecule has 1 aromatic heterocycles. The summed E-state index contributed by atoms with van der Waals surface area (Å²) in [6, 6.07) is 0.0865. The van der Waals surface area contributed by atoms with E-state index in [4.69, 9.17) is 5.84 Å². The average Bonchev–Trinajstić information content (AvgIpc) is 3.02. The number of halogens is 1. The molecule has 1 aliphatic rings. The van der Waals surface area contributed by atoms with E-state index in [1.165, 1.54) is 31.4 Å². The molecule has 114 valence electrons. The molecule has 1 fully saturated rings. The molecule has 1 saturated carbocycles. The number of likely N-dealkylation sites (N-methyl/N-ethyl adjacent to an activating group) is 1. The second-order valence-corrected chi connectivity index (χ2v) is 6.76. The smallest absolute Gasteiger partial charge is 0.0823 e. The summed E-state index contributed by atoms with van der Waals surface area (Å²) in [4.78, 5) is 2.33. The van der Waals surface area contributed by atoms with Crippen molar-refractivity contribution < 1.29 is 0 Å². The van der Waals surface area contributed by atoms with Crippen LogP contribution >= 0.6 is 15.9 Å². The fourth-order valence-electron chi connectivity index (χ4n) is 3.52. The monoisotopic (exact) mass is 343 g/mol. The molecule has 1 atom stereocenters. The van der Waals surface area contributed by atoms with Gasteiger partial charge in [-0.15, -0.1) is 0 Å². The number of nitrogens with two attached hydrogens (primary N) is 1. The summed E-state index contributed by atoms with van der Waals surface area (Å²) in [5.41, 5.74) is 4.32. The Hall–Kier alpha value is -0.430. The number of hydrogen-bond acceptors (Lipinski definition) is 4. The van der Waals surface area contributed by atoms with Crippen LogP contribution in [0.4, 0.5) is 0 Å². The molecule has 2 rings (SSSR count). The minimum Gasteiger partial charge on any atom is -0.302 e. The molecule has 3 N–H and O–H groups in total. The predicted molar refractivity (Wildman–Crippen MR) is 85.2 cm³/mol. The van der Waals surface area contributed by atoms with Crippen molar-refractivity contribution in [3.05, 3.63) is 16.4 Å². The van der Waals surface area contributed by atoms with Gasteiger partial charge in [0.2, 0.25) is 0 Å². The zero-order chi connectivity index (χ0) is 14.8. The first-order valence-electron chi connectivity index (χ1n) is 7.41. The Kier molecular flexibility index (Phi) is 5.23. The first kappa shape index (κ1) is 15.9. The molecule has 5 nitrogen and oxygen atoms in total. The van der Waals surface area contributed by atoms with Crippen molar-refractivity contribution in [2.24, 2.45) is 5.84 Å². The lowest BCUT2D eigenvalue weighted by molar-refractivity contribution is 0.0996. The van der Waals surface area contributed by atoms with Crippen molar-refractivity contribution in [2.75, 3.05) is 14.1 Å². The van der Waals surface area contributed by atoms with Crippen LogP contribution in [0.5, 0.6) is 0 Å². The van der Waals surface area contributed by atoms with Crippen molar-refractivity contribution in [1.29, 1.82) is 0 Å². The lowest BCUT2D eigenvalue weighted by Crippen LogP contribution is -2.54. The summed E-state index contributed by atoms with van der Waals surface area (Å²) in [6.07, 6.45) is 7.80. The van der Waals surface area contributed by atoms with Crippen LogP contribution < -0.4 is 11.3 Å². The van der Waals surface area contributed by atoms with Crippen LogP contribution in [0.3, 0.4) is 0 Å². The number of hydrazine groups is 1. The van der Waals surface area contributed by atoms with Crippen LogP contribution in [-0.4, -0.2) is 34.3 Å². The van der Waals surface area contributed by atoms with E-state index in [0.717, 1.165) is 17.4 Å². The van der Waals surface area contributed by atoms with E-state index < -0.39 is 0 Å². The third-order valence-corrected chi connectivity index (χ3v) is 5.22. The van der Waals surface area contributed by atoms with Gasteiger partial charge in [0.15, 0.2) is 0 Å². The van der Waals surface area contributed by atoms with E-state index in [9.17, 15) is 0 Å². The molecule has 0 bridgehead atoms. The summed E-state index contributed by atoms with van der Waals surface area (Å²) in [6.45, 7) is 3.09. The molecular formula is C14H26BrN5. The van der Waals surface area contributed by atoms with E-state index in [-0.39, 0.29) is 11.6 Å². The highest BCUT2D eigenvalue weighted by molar-refractivity contribution is 9.10. The number of hydrogen-bond donors (Lipinski definition) is 2. The van der Waals surface area contributed by atoms with E-state index in [2.05, 4.69) is 57.1 Å². The Morgan fingerprint density at radius 3 is 2.65 bits per heavy atom. The number of nitrogens with zero attached hydrogens (tertiary/aromatic N) is 3. The van der Waals surface area contributed by atoms with Gasteiger partial charge in [-0.25, -0.2) is 5.43 Å². The molecule has 0 aliphatic heterocycles. The standard InChI is InChI=1S/C14H26BrN5/c1-4-9-20-12(11(15)10-17-20)13(18-16)14(19(2)3)7-5-6-8-14/h10,13,18H,4-9,16H2,1-3H3. The van der Waals surface area contributed by atoms with Crippen LogP contribution in [0.25, 0.3) is 0 Å². The van der Waals surface area contributed by atoms with Crippen molar-refractivity contribution in [3.63, 3.8) is 0 Å². The number of aromatic nitrogens is 2. The largest absolute Gasteiger partial charge is 0.302 e. The quantitative estimate of drug-likeness (QED) is 0.615. The van der Waals surface area contributed by atoms with Crippen LogP contribution in [0, 0.1) is 0 Å². The first-order chi connectivity index (χ1) is 9.56. The first-order valence-corrected chi connectivity index (χ1v) is 8.21. The molecule has 1 unspecified atom stereocenters. The lowest BCUT2D eigenvalue weighted by atomic mass is 9.85. The maximum absolute atomic E-state index is 5.96. The minimum absolute atomic E-state index is 0.0722. The summed E-state index contributed by atoms with van der Waals surface area (Å²) in [7, 11) is 4.31. The van der Waals surface area contributed by atoms with Gasteiger partial charge in [0.1, 0.15) is 0 Å². The Balaban J connectivity index is 2.43. The zero-order valence-electron chi connectivity index (χ0n) is 12.7. The Morgan fingerprint density at radius 2 is 2.15 bits per heavy atom. The van der Waals surface area contributed by atoms with Crippen molar-refractivity contribution in [3.8, 4) is 0 Å². The molecule has 1 heterocycles. The van der Waals surface area contributed by atoms with E-state index in [1.807, 2.05) is 6.20 Å². The minimum atomic E-state index is 0.0722. The van der Waals surface area contributed by atoms with Crippen molar-refractivity contribution >= 4 is 15.9 Å². The molecule has 1 aromatic rings. The summed E-state index contributed by atoms with van der Waals surface area (Å²) < 4.78 is 3.13. The Labute approximate surface area is 130 Å². The van der Waals surface area contributed by atoms with Crippen molar-refractivity contribution in [2.45, 2.75) is 57.2 Å². The highest BCUT2D eigenvalue weighted by Gasteiger charge is 2.45. The van der Waals surface area contributed by atoms with Gasteiger partial charge in [-0.05, 0) is 49.3 Å². The molecule has 0 spiro atoms. The second-order valence-electron chi connectivity index (χ2n) is 5.91. The van der Waals surface area contributed by atoms with Crippen LogP contribution in [0.15, 0.2) is 10.7 Å². The Morgan fingerprint density at radius 1 is 1.50 bits per heavy atom. The SMILES string of the molecule is CCCn1ncc(Br)c1C(NN)C1(N(C)C)CCCC1. The molecule has 1 aliphatic carbocycles. The third-order valence-electron chi connectivity index (χ3n) is 4.61. The van der Waals surface area contributed by atoms with Gasteiger partial charge in [0, 0.05) is 12.1 Å². The number of nitrogens with one attached hydrogen (secondary N) is 1. The van der Waals surface area contributed by atoms with E-state index in [1.54, 1.807) is 0 Å². The van der Waals surface area contributed by atoms with Gasteiger partial charge in [0.05, 0.1) is 22.4 Å². The zero-order valence-corrected chi connectivity index (χ0v) is 14.3. The van der Waals surface area contributed by atoms with Crippen molar-refractivity contribution in [1.82, 2.24) is 20.1 Å². The number of rotatable bonds is 6. The second kappa shape index (κ2) is 6.56. The Bertz CT molecular complexity index is 437. The third kappa shape index (κ3) is 2.66. The highest BCUT2D eigenvalue weighted by atomic mass is 79.9. The van der Waals surface area contributed by atoms with Crippen LogP contribution in [0.2, 0.25) is 0 Å². The highest BCUT2D eigenvalue weighted by Crippen LogP contribution is 2.44. The number of aryl methyl sites for hydroxylation is 1. The summed E-state index contributed by atoms with van der Waals surface area (Å²) >= 11 is 3.65. The van der Waals surface area contributed by atoms with Gasteiger partial charge < -0.3 is 4.90 Å². The van der Waals surface area contributed by atoms with Gasteiger partial charge in [0.25, 0.3) is 0 Å².